The minimum Gasteiger partial charge on any atom is -0.355 e. The molecule has 0 atom stereocenters. The summed E-state index contributed by atoms with van der Waals surface area (Å²) in [5.74, 6) is 0. The zero-order valence-electron chi connectivity index (χ0n) is 9.13. The van der Waals surface area contributed by atoms with Crippen molar-refractivity contribution in [2.75, 3.05) is 5.32 Å². The predicted octanol–water partition coefficient (Wildman–Crippen LogP) is 5.21. The zero-order valence-corrected chi connectivity index (χ0v) is 10.7. The summed E-state index contributed by atoms with van der Waals surface area (Å²) < 4.78 is 38.5. The third-order valence-corrected chi connectivity index (χ3v) is 2.80. The lowest BCUT2D eigenvalue weighted by molar-refractivity contribution is -0.137. The fraction of sp³-hybridized carbons (Fsp3) is 0.0769. The van der Waals surface area contributed by atoms with Gasteiger partial charge in [0.15, 0.2) is 0 Å². The predicted molar refractivity (Wildman–Crippen MR) is 68.9 cm³/mol. The van der Waals surface area contributed by atoms with Gasteiger partial charge in [0.05, 0.1) is 5.56 Å². The van der Waals surface area contributed by atoms with Gasteiger partial charge in [0.1, 0.15) is 0 Å². The standard InChI is InChI=1S/C13H9BrF3N/c14-10-4-2-6-12(8-10)18-11-5-1-3-9(7-11)13(15,16)17/h1-8,18H. The van der Waals surface area contributed by atoms with Gasteiger partial charge >= 0.3 is 6.18 Å². The molecule has 0 aliphatic carbocycles. The highest BCUT2D eigenvalue weighted by atomic mass is 79.9. The number of anilines is 2. The van der Waals surface area contributed by atoms with Crippen LogP contribution in [0.2, 0.25) is 0 Å². The van der Waals surface area contributed by atoms with E-state index in [2.05, 4.69) is 21.2 Å². The number of hydrogen-bond donors (Lipinski definition) is 1. The molecule has 2 aromatic rings. The van der Waals surface area contributed by atoms with Crippen LogP contribution in [0, 0.1) is 0 Å². The molecule has 0 aromatic heterocycles. The van der Waals surface area contributed by atoms with Crippen molar-refractivity contribution in [3.8, 4) is 0 Å². The van der Waals surface area contributed by atoms with Crippen LogP contribution < -0.4 is 5.32 Å². The zero-order chi connectivity index (χ0) is 13.2. The lowest BCUT2D eigenvalue weighted by atomic mass is 10.2. The van der Waals surface area contributed by atoms with Gasteiger partial charge in [-0.05, 0) is 36.4 Å². The van der Waals surface area contributed by atoms with E-state index in [4.69, 9.17) is 0 Å². The van der Waals surface area contributed by atoms with Crippen molar-refractivity contribution in [3.05, 3.63) is 58.6 Å². The molecule has 0 heterocycles. The van der Waals surface area contributed by atoms with Gasteiger partial charge in [-0.3, -0.25) is 0 Å². The van der Waals surface area contributed by atoms with Crippen LogP contribution in [0.4, 0.5) is 24.5 Å². The van der Waals surface area contributed by atoms with Gasteiger partial charge in [-0.15, -0.1) is 0 Å². The molecule has 0 saturated carbocycles. The average molecular weight is 316 g/mol. The van der Waals surface area contributed by atoms with E-state index in [1.54, 1.807) is 24.3 Å². The van der Waals surface area contributed by atoms with Gasteiger partial charge in [0.25, 0.3) is 0 Å². The van der Waals surface area contributed by atoms with E-state index in [-0.39, 0.29) is 0 Å². The van der Waals surface area contributed by atoms with Gasteiger partial charge in [-0.25, -0.2) is 0 Å². The number of rotatable bonds is 2. The Morgan fingerprint density at radius 2 is 1.50 bits per heavy atom. The largest absolute Gasteiger partial charge is 0.416 e. The molecule has 0 amide bonds. The Balaban J connectivity index is 2.25. The molecule has 0 bridgehead atoms. The van der Waals surface area contributed by atoms with E-state index in [0.29, 0.717) is 5.69 Å². The summed E-state index contributed by atoms with van der Waals surface area (Å²) >= 11 is 3.30. The Hall–Kier alpha value is -1.49. The Morgan fingerprint density at radius 3 is 2.11 bits per heavy atom. The maximum absolute atomic E-state index is 12.5. The summed E-state index contributed by atoms with van der Waals surface area (Å²) in [5.41, 5.74) is 0.467. The van der Waals surface area contributed by atoms with Crippen molar-refractivity contribution in [1.29, 1.82) is 0 Å². The molecule has 18 heavy (non-hydrogen) atoms. The molecule has 5 heteroatoms. The van der Waals surface area contributed by atoms with E-state index < -0.39 is 11.7 Å². The van der Waals surface area contributed by atoms with Crippen LogP contribution in [0.25, 0.3) is 0 Å². The van der Waals surface area contributed by atoms with Crippen molar-refractivity contribution in [3.63, 3.8) is 0 Å². The van der Waals surface area contributed by atoms with Crippen molar-refractivity contribution in [2.24, 2.45) is 0 Å². The first-order valence-corrected chi connectivity index (χ1v) is 5.94. The number of alkyl halides is 3. The molecule has 0 aliphatic heterocycles. The fourth-order valence-electron chi connectivity index (χ4n) is 1.51. The molecule has 94 valence electrons. The molecular weight excluding hydrogens is 307 g/mol. The van der Waals surface area contributed by atoms with Crippen LogP contribution in [0.1, 0.15) is 5.56 Å². The Bertz CT molecular complexity index is 552. The second-order valence-electron chi connectivity index (χ2n) is 3.71. The summed E-state index contributed by atoms with van der Waals surface area (Å²) in [5, 5.41) is 2.93. The van der Waals surface area contributed by atoms with Gasteiger partial charge in [-0.1, -0.05) is 28.1 Å². The first-order chi connectivity index (χ1) is 8.45. The topological polar surface area (TPSA) is 12.0 Å². The molecule has 0 radical (unpaired) electrons. The molecule has 1 nitrogen and oxygen atoms in total. The number of nitrogens with one attached hydrogen (secondary N) is 1. The van der Waals surface area contributed by atoms with Crippen molar-refractivity contribution < 1.29 is 13.2 Å². The van der Waals surface area contributed by atoms with Crippen molar-refractivity contribution in [1.82, 2.24) is 0 Å². The molecular formula is C13H9BrF3N. The molecule has 0 saturated heterocycles. The maximum Gasteiger partial charge on any atom is 0.416 e. The SMILES string of the molecule is FC(F)(F)c1cccc(Nc2cccc(Br)c2)c1. The highest BCUT2D eigenvalue weighted by Crippen LogP contribution is 2.31. The second kappa shape index (κ2) is 5.02. The number of benzene rings is 2. The Kier molecular flexibility index (Phi) is 3.61. The van der Waals surface area contributed by atoms with Crippen LogP contribution in [0.15, 0.2) is 53.0 Å². The highest BCUT2D eigenvalue weighted by molar-refractivity contribution is 9.10. The fourth-order valence-corrected chi connectivity index (χ4v) is 1.91. The molecule has 2 rings (SSSR count). The van der Waals surface area contributed by atoms with Gasteiger partial charge < -0.3 is 5.32 Å². The van der Waals surface area contributed by atoms with Crippen LogP contribution >= 0.6 is 15.9 Å². The van der Waals surface area contributed by atoms with Crippen LogP contribution in [0.3, 0.4) is 0 Å². The molecule has 0 unspecified atom stereocenters. The quantitative estimate of drug-likeness (QED) is 0.802. The number of hydrogen-bond acceptors (Lipinski definition) is 1. The van der Waals surface area contributed by atoms with Gasteiger partial charge in [0.2, 0.25) is 0 Å². The monoisotopic (exact) mass is 315 g/mol. The maximum atomic E-state index is 12.5. The lowest BCUT2D eigenvalue weighted by Crippen LogP contribution is -2.05. The minimum absolute atomic E-state index is 0.405. The summed E-state index contributed by atoms with van der Waals surface area (Å²) in [7, 11) is 0. The third kappa shape index (κ3) is 3.26. The normalized spacial score (nSPS) is 11.3. The smallest absolute Gasteiger partial charge is 0.355 e. The summed E-state index contributed by atoms with van der Waals surface area (Å²) in [4.78, 5) is 0. The van der Waals surface area contributed by atoms with Crippen LogP contribution in [-0.4, -0.2) is 0 Å². The first-order valence-electron chi connectivity index (χ1n) is 5.15. The van der Waals surface area contributed by atoms with E-state index in [1.165, 1.54) is 6.07 Å². The van der Waals surface area contributed by atoms with Crippen LogP contribution in [0.5, 0.6) is 0 Å². The second-order valence-corrected chi connectivity index (χ2v) is 4.63. The van der Waals surface area contributed by atoms with E-state index >= 15 is 0 Å². The van der Waals surface area contributed by atoms with Crippen molar-refractivity contribution in [2.45, 2.75) is 6.18 Å². The summed E-state index contributed by atoms with van der Waals surface area (Å²) in [6, 6.07) is 12.3. The first kappa shape index (κ1) is 13.0. The average Bonchev–Trinajstić information content (AvgIpc) is 2.28. The van der Waals surface area contributed by atoms with Gasteiger partial charge in [0, 0.05) is 15.8 Å². The van der Waals surface area contributed by atoms with E-state index in [9.17, 15) is 13.2 Å². The third-order valence-electron chi connectivity index (χ3n) is 2.30. The molecule has 0 spiro atoms. The summed E-state index contributed by atoms with van der Waals surface area (Å²) in [6.07, 6.45) is -4.32. The highest BCUT2D eigenvalue weighted by Gasteiger charge is 2.30. The Morgan fingerprint density at radius 1 is 0.889 bits per heavy atom. The molecule has 1 N–H and O–H groups in total. The molecule has 2 aromatic carbocycles. The lowest BCUT2D eigenvalue weighted by Gasteiger charge is -2.10. The Labute approximate surface area is 111 Å². The van der Waals surface area contributed by atoms with Crippen LogP contribution in [-0.2, 0) is 6.18 Å². The minimum atomic E-state index is -4.32. The van der Waals surface area contributed by atoms with Gasteiger partial charge in [-0.2, -0.15) is 13.2 Å². The summed E-state index contributed by atoms with van der Waals surface area (Å²) in [6.45, 7) is 0. The number of halogens is 4. The molecule has 0 aliphatic rings. The van der Waals surface area contributed by atoms with E-state index in [1.807, 2.05) is 6.07 Å². The van der Waals surface area contributed by atoms with Crippen molar-refractivity contribution >= 4 is 27.3 Å². The molecule has 0 fully saturated rings. The van der Waals surface area contributed by atoms with E-state index in [0.717, 1.165) is 22.3 Å².